The number of imide groups is 1. The van der Waals surface area contributed by atoms with Crippen molar-refractivity contribution in [3.8, 4) is 11.3 Å². The second-order valence-electron chi connectivity index (χ2n) is 11.4. The first-order valence-electron chi connectivity index (χ1n) is 14.0. The number of halogens is 3. The van der Waals surface area contributed by atoms with Crippen molar-refractivity contribution in [3.05, 3.63) is 53.6 Å². The number of nitrogens with zero attached hydrogens (tertiary/aromatic N) is 5. The molecule has 0 aliphatic carbocycles. The third-order valence-corrected chi connectivity index (χ3v) is 8.48. The van der Waals surface area contributed by atoms with Crippen LogP contribution in [0.5, 0.6) is 0 Å². The number of fused-ring (bicyclic) bond motifs is 2. The molecule has 2 aliphatic rings. The SMILES string of the molecule is CC.CC1C(=O)N(Cc2cc3c(-c4cc(Cl)cc5ccn(CC6CNCC(F)(F)C6)c45)ncnn3c2)C(=O)C1(C)C. The third-order valence-electron chi connectivity index (χ3n) is 8.26. The van der Waals surface area contributed by atoms with E-state index in [1.807, 2.05) is 48.9 Å². The number of amides is 2. The van der Waals surface area contributed by atoms with Gasteiger partial charge in [0.1, 0.15) is 6.33 Å². The largest absolute Gasteiger partial charge is 0.347 e. The molecule has 2 atom stereocenters. The average molecular weight is 585 g/mol. The zero-order valence-corrected chi connectivity index (χ0v) is 24.7. The fourth-order valence-electron chi connectivity index (χ4n) is 5.86. The van der Waals surface area contributed by atoms with Gasteiger partial charge in [0.2, 0.25) is 11.8 Å². The molecule has 2 fully saturated rings. The fourth-order valence-corrected chi connectivity index (χ4v) is 6.09. The van der Waals surface area contributed by atoms with Crippen LogP contribution in [0.3, 0.4) is 0 Å². The van der Waals surface area contributed by atoms with Crippen molar-refractivity contribution in [2.45, 2.75) is 60.1 Å². The molecule has 0 bridgehead atoms. The number of aromatic nitrogens is 4. The number of carbonyl (C=O) groups is 2. The highest BCUT2D eigenvalue weighted by Crippen LogP contribution is 2.39. The molecule has 3 aromatic heterocycles. The Kier molecular flexibility index (Phi) is 7.67. The van der Waals surface area contributed by atoms with Crippen LogP contribution in [0.2, 0.25) is 5.02 Å². The third kappa shape index (κ3) is 5.23. The summed E-state index contributed by atoms with van der Waals surface area (Å²) in [6.07, 6.45) is 4.95. The molecule has 1 aromatic carbocycles. The van der Waals surface area contributed by atoms with Gasteiger partial charge in [-0.2, -0.15) is 5.10 Å². The minimum absolute atomic E-state index is 0.137. The molecule has 41 heavy (non-hydrogen) atoms. The summed E-state index contributed by atoms with van der Waals surface area (Å²) in [6.45, 7) is 10.1. The van der Waals surface area contributed by atoms with Crippen LogP contribution in [0.25, 0.3) is 27.7 Å². The zero-order valence-electron chi connectivity index (χ0n) is 23.9. The summed E-state index contributed by atoms with van der Waals surface area (Å²) in [5.41, 5.74) is 2.88. The monoisotopic (exact) mass is 584 g/mol. The van der Waals surface area contributed by atoms with E-state index in [1.54, 1.807) is 31.5 Å². The maximum atomic E-state index is 14.1. The lowest BCUT2D eigenvalue weighted by molar-refractivity contribution is -0.141. The first-order chi connectivity index (χ1) is 19.4. The van der Waals surface area contributed by atoms with Crippen LogP contribution in [0.4, 0.5) is 8.78 Å². The molecular formula is C30H35ClF2N6O2. The second kappa shape index (κ2) is 10.8. The van der Waals surface area contributed by atoms with Gasteiger partial charge >= 0.3 is 0 Å². The number of rotatable bonds is 5. The molecule has 2 saturated heterocycles. The van der Waals surface area contributed by atoms with E-state index in [9.17, 15) is 18.4 Å². The molecule has 2 unspecified atom stereocenters. The molecule has 0 spiro atoms. The van der Waals surface area contributed by atoms with Gasteiger partial charge in [-0.1, -0.05) is 46.2 Å². The Morgan fingerprint density at radius 2 is 1.93 bits per heavy atom. The maximum Gasteiger partial charge on any atom is 0.260 e. The molecule has 8 nitrogen and oxygen atoms in total. The number of alkyl halides is 2. The number of carbonyl (C=O) groups excluding carboxylic acids is 2. The molecule has 0 saturated carbocycles. The van der Waals surface area contributed by atoms with E-state index in [0.29, 0.717) is 29.3 Å². The zero-order chi connectivity index (χ0) is 29.7. The molecule has 4 aromatic rings. The first-order valence-corrected chi connectivity index (χ1v) is 14.4. The van der Waals surface area contributed by atoms with Crippen LogP contribution in [0.1, 0.15) is 46.6 Å². The van der Waals surface area contributed by atoms with Gasteiger partial charge in [-0.15, -0.1) is 0 Å². The van der Waals surface area contributed by atoms with Gasteiger partial charge in [-0.25, -0.2) is 18.3 Å². The van der Waals surface area contributed by atoms with Gasteiger partial charge in [-0.3, -0.25) is 14.5 Å². The van der Waals surface area contributed by atoms with Gasteiger partial charge < -0.3 is 9.88 Å². The lowest BCUT2D eigenvalue weighted by Crippen LogP contribution is -2.45. The highest BCUT2D eigenvalue weighted by Gasteiger charge is 2.51. The summed E-state index contributed by atoms with van der Waals surface area (Å²) in [5, 5.41) is 8.60. The minimum atomic E-state index is -2.73. The highest BCUT2D eigenvalue weighted by atomic mass is 35.5. The molecule has 6 rings (SSSR count). The average Bonchev–Trinajstić information content (AvgIpc) is 3.57. The summed E-state index contributed by atoms with van der Waals surface area (Å²) >= 11 is 6.50. The van der Waals surface area contributed by atoms with Crippen molar-refractivity contribution in [1.82, 2.24) is 29.4 Å². The Bertz CT molecular complexity index is 1630. The standard InChI is InChI=1S/C28H29ClF2N6O2.C2H6/c1-16-25(38)36(26(39)27(16,2)3)12-17-6-22-23(33-15-34-37(22)13-17)21-8-20(29)7-19-4-5-35(24(19)21)11-18-9-28(30,31)14-32-10-18;1-2/h4-8,13,15-16,18,32H,9-12,14H2,1-3H3;1-2H3. The predicted molar refractivity (Wildman–Crippen MR) is 155 cm³/mol. The van der Waals surface area contributed by atoms with E-state index in [-0.39, 0.29) is 37.2 Å². The van der Waals surface area contributed by atoms with E-state index >= 15 is 0 Å². The van der Waals surface area contributed by atoms with Crippen molar-refractivity contribution in [3.63, 3.8) is 0 Å². The summed E-state index contributed by atoms with van der Waals surface area (Å²) in [6, 6.07) is 7.47. The normalized spacial score (nSPS) is 21.9. The van der Waals surface area contributed by atoms with Gasteiger partial charge in [0.05, 0.1) is 35.2 Å². The van der Waals surface area contributed by atoms with Crippen LogP contribution in [0, 0.1) is 17.3 Å². The Labute approximate surface area is 242 Å². The van der Waals surface area contributed by atoms with Crippen LogP contribution in [-0.4, -0.2) is 54.9 Å². The van der Waals surface area contributed by atoms with Gasteiger partial charge in [-0.05, 0) is 35.7 Å². The van der Waals surface area contributed by atoms with Crippen molar-refractivity contribution >= 4 is 39.8 Å². The van der Waals surface area contributed by atoms with Crippen molar-refractivity contribution in [2.24, 2.45) is 17.3 Å². The van der Waals surface area contributed by atoms with Crippen molar-refractivity contribution in [2.75, 3.05) is 13.1 Å². The van der Waals surface area contributed by atoms with Crippen LogP contribution < -0.4 is 5.32 Å². The number of hydrogen-bond donors (Lipinski definition) is 1. The van der Waals surface area contributed by atoms with Crippen molar-refractivity contribution in [1.29, 1.82) is 0 Å². The molecule has 2 aliphatic heterocycles. The number of benzene rings is 1. The van der Waals surface area contributed by atoms with E-state index in [4.69, 9.17) is 11.6 Å². The Morgan fingerprint density at radius 1 is 1.17 bits per heavy atom. The summed E-state index contributed by atoms with van der Waals surface area (Å²) in [7, 11) is 0. The molecule has 11 heteroatoms. The number of nitrogens with one attached hydrogen (secondary N) is 1. The van der Waals surface area contributed by atoms with Crippen molar-refractivity contribution < 1.29 is 18.4 Å². The Hall–Kier alpha value is -3.37. The smallest absolute Gasteiger partial charge is 0.260 e. The van der Waals surface area contributed by atoms with E-state index in [2.05, 4.69) is 15.4 Å². The van der Waals surface area contributed by atoms with E-state index in [1.165, 1.54) is 11.2 Å². The van der Waals surface area contributed by atoms with Crippen LogP contribution >= 0.6 is 11.6 Å². The lowest BCUT2D eigenvalue weighted by atomic mass is 9.82. The summed E-state index contributed by atoms with van der Waals surface area (Å²) < 4.78 is 31.8. The number of likely N-dealkylation sites (tertiary alicyclic amines) is 1. The van der Waals surface area contributed by atoms with Gasteiger partial charge in [0.25, 0.3) is 5.92 Å². The van der Waals surface area contributed by atoms with Crippen LogP contribution in [-0.2, 0) is 22.7 Å². The van der Waals surface area contributed by atoms with Crippen LogP contribution in [0.15, 0.2) is 43.0 Å². The molecule has 5 heterocycles. The topological polar surface area (TPSA) is 84.5 Å². The first kappa shape index (κ1) is 29.1. The van der Waals surface area contributed by atoms with Gasteiger partial charge in [0, 0.05) is 53.8 Å². The fraction of sp³-hybridized carbons (Fsp3) is 0.467. The molecule has 1 N–H and O–H groups in total. The number of piperidine rings is 1. The van der Waals surface area contributed by atoms with E-state index < -0.39 is 17.3 Å². The minimum Gasteiger partial charge on any atom is -0.347 e. The lowest BCUT2D eigenvalue weighted by Gasteiger charge is -2.30. The Balaban J connectivity index is 0.00000165. The molecular weight excluding hydrogens is 550 g/mol. The quantitative estimate of drug-likeness (QED) is 0.299. The number of hydrogen-bond acceptors (Lipinski definition) is 5. The molecule has 2 amide bonds. The Morgan fingerprint density at radius 3 is 2.61 bits per heavy atom. The second-order valence-corrected chi connectivity index (χ2v) is 11.8. The summed E-state index contributed by atoms with van der Waals surface area (Å²) in [4.78, 5) is 31.7. The predicted octanol–water partition coefficient (Wildman–Crippen LogP) is 5.81. The maximum absolute atomic E-state index is 14.1. The molecule has 0 radical (unpaired) electrons. The molecule has 218 valence electrons. The highest BCUT2D eigenvalue weighted by molar-refractivity contribution is 6.32. The van der Waals surface area contributed by atoms with Gasteiger partial charge in [0.15, 0.2) is 0 Å². The van der Waals surface area contributed by atoms with E-state index in [0.717, 1.165) is 22.0 Å². The summed E-state index contributed by atoms with van der Waals surface area (Å²) in [5.74, 6) is -3.75.